The number of aryl methyl sites for hydroxylation is 1. The molecule has 0 radical (unpaired) electrons. The van der Waals surface area contributed by atoms with Crippen molar-refractivity contribution >= 4 is 107 Å². The number of aromatic hydroxyl groups is 1. The van der Waals surface area contributed by atoms with E-state index in [1.165, 1.54) is 19.9 Å². The second-order valence-electron chi connectivity index (χ2n) is 13.5. The number of aromatic nitrogens is 1. The number of fused-ring (bicyclic) bond motifs is 2. The maximum Gasteiger partial charge on any atom is 0.399 e. The molecule has 1 aliphatic heterocycles. The highest BCUT2D eigenvalue weighted by Gasteiger charge is 2.13. The maximum atomic E-state index is 11.2. The first kappa shape index (κ1) is 57.6. The molecule has 0 unspecified atom stereocenters. The molecule has 0 atom stereocenters. The Labute approximate surface area is 405 Å². The van der Waals surface area contributed by atoms with Gasteiger partial charge in [-0.25, -0.2) is 13.0 Å². The number of allylic oxidation sites excluding steroid dienone is 2. The van der Waals surface area contributed by atoms with Gasteiger partial charge in [0.2, 0.25) is 17.3 Å². The van der Waals surface area contributed by atoms with Crippen molar-refractivity contribution in [3.63, 3.8) is 0 Å². The number of pyridine rings is 1. The van der Waals surface area contributed by atoms with Gasteiger partial charge in [-0.2, -0.15) is 18.6 Å². The zero-order chi connectivity index (χ0) is 51.0. The molecule has 2 amide bonds. The predicted octanol–water partition coefficient (Wildman–Crippen LogP) is 6.72. The summed E-state index contributed by atoms with van der Waals surface area (Å²) in [7, 11) is 2.15. The Bertz CT molecular complexity index is 2820. The highest BCUT2D eigenvalue weighted by atomic mass is 35.5. The number of benzene rings is 4. The van der Waals surface area contributed by atoms with Crippen LogP contribution in [0.15, 0.2) is 131 Å². The van der Waals surface area contributed by atoms with E-state index >= 15 is 0 Å². The fraction of sp³-hybridized carbons (Fsp3) is 0.227. The number of phenolic OH excluding ortho intramolecular Hbond substituents is 1. The van der Waals surface area contributed by atoms with E-state index in [-0.39, 0.29) is 22.9 Å². The van der Waals surface area contributed by atoms with Gasteiger partial charge in [-0.3, -0.25) is 23.0 Å². The number of hydrogen-bond acceptors (Lipinski definition) is 17. The van der Waals surface area contributed by atoms with Gasteiger partial charge in [0.1, 0.15) is 29.9 Å². The molecule has 2 heterocycles. The standard InChI is InChI=1S/C21H22N4O2.C19H18N4O2.C2H6O4S.CH2Cl2.CH4O4S/c1-15(26)23-17-9-10-20(21(13-17)27-4)25(3)22-14-16-11-12-24(2)19-8-6-5-7-18(16)19;1-13(24)21-15-7-8-17(19(25)11-15)22-20-12-14-9-10-23(2)18-6-4-3-5-16(14)18;1-5-7(3,4)6-2;2-1-3;1-6(3,4)5-2/h5-14H,1-4H3;3-12,25H,1-2H3,(H,21,24);1-2H3;1H2;2H,1H3/b;14-12+,22-20?;;;. The van der Waals surface area contributed by atoms with Gasteiger partial charge in [-0.05, 0) is 42.5 Å². The van der Waals surface area contributed by atoms with Gasteiger partial charge in [-0.1, -0.05) is 30.3 Å². The zero-order valence-electron chi connectivity index (χ0n) is 38.4. The number of azo groups is 1. The maximum absolute atomic E-state index is 11.2. The second kappa shape index (κ2) is 28.6. The number of nitrogens with zero attached hydrogens (tertiary/aromatic N) is 6. The minimum atomic E-state index is -3.72. The summed E-state index contributed by atoms with van der Waals surface area (Å²) in [6.45, 7) is 2.88. The van der Waals surface area contributed by atoms with Crippen LogP contribution in [0.2, 0.25) is 0 Å². The number of halogens is 2. The summed E-state index contributed by atoms with van der Waals surface area (Å²) in [5, 5.41) is 40.0. The number of ether oxygens (including phenoxy) is 1. The molecule has 1 aromatic heterocycles. The molecule has 68 heavy (non-hydrogen) atoms. The molecular formula is C44H52Cl2N8O12S2. The Balaban J connectivity index is 0.000000355. The summed E-state index contributed by atoms with van der Waals surface area (Å²) in [6, 6.07) is 28.4. The number of methoxy groups -OCH3 is 1. The smallest absolute Gasteiger partial charge is 0.399 e. The molecule has 6 rings (SSSR count). The summed E-state index contributed by atoms with van der Waals surface area (Å²) in [6.07, 6.45) is 10.1. The van der Waals surface area contributed by atoms with Crippen LogP contribution in [-0.4, -0.2) is 87.0 Å². The molecule has 0 saturated heterocycles. The third-order valence-corrected chi connectivity index (χ3v) is 9.62. The van der Waals surface area contributed by atoms with E-state index in [1.54, 1.807) is 36.5 Å². The van der Waals surface area contributed by atoms with Gasteiger partial charge < -0.3 is 35.0 Å². The Hall–Kier alpha value is -6.50. The van der Waals surface area contributed by atoms with Crippen LogP contribution in [0.1, 0.15) is 25.0 Å². The molecule has 20 nitrogen and oxygen atoms in total. The van der Waals surface area contributed by atoms with Crippen molar-refractivity contribution in [2.45, 2.75) is 13.8 Å². The predicted molar refractivity (Wildman–Crippen MR) is 263 cm³/mol. The molecular weight excluding hydrogens is 968 g/mol. The number of amides is 2. The number of anilines is 4. The normalized spacial score (nSPS) is 12.3. The van der Waals surface area contributed by atoms with Crippen LogP contribution in [0.4, 0.5) is 28.4 Å². The number of carbonyl (C=O) groups excluding carboxylic acids is 2. The average Bonchev–Trinajstić information content (AvgIpc) is 3.30. The second-order valence-corrected chi connectivity index (χ2v) is 17.3. The topological polar surface area (TPSA) is 254 Å². The minimum Gasteiger partial charge on any atom is -0.707 e. The SMILES string of the molecule is CC(=O)Nc1ccc(N=N/C=C2\C=CN(C)c3ccccc32)c(O)c1.COS(=O)(=O)OC.COc1cc(NC(C)=O)ccc1N(C)/N=C\c1cc[n+](C)c2ccccc12.CS(=O)(=O)O[O-].ClCCl. The number of carbonyl (C=O) groups is 2. The molecule has 366 valence electrons. The largest absolute Gasteiger partial charge is 0.707 e. The summed E-state index contributed by atoms with van der Waals surface area (Å²) in [5.74, 6) is 0.254. The van der Waals surface area contributed by atoms with Crippen LogP contribution in [0.25, 0.3) is 16.5 Å². The Morgan fingerprint density at radius 1 is 0.897 bits per heavy atom. The number of para-hydroxylation sites is 2. The average molecular weight is 1020 g/mol. The molecule has 0 bridgehead atoms. The Morgan fingerprint density at radius 3 is 2.03 bits per heavy atom. The molecule has 24 heteroatoms. The quantitative estimate of drug-likeness (QED) is 0.0310. The van der Waals surface area contributed by atoms with Crippen molar-refractivity contribution in [2.24, 2.45) is 22.4 Å². The van der Waals surface area contributed by atoms with Crippen LogP contribution in [0, 0.1) is 0 Å². The molecule has 4 aromatic carbocycles. The fourth-order valence-corrected chi connectivity index (χ4v) is 5.68. The lowest BCUT2D eigenvalue weighted by Crippen LogP contribution is -2.28. The van der Waals surface area contributed by atoms with Crippen molar-refractivity contribution in [1.82, 2.24) is 0 Å². The molecule has 0 fully saturated rings. The van der Waals surface area contributed by atoms with Gasteiger partial charge in [-0.15, -0.1) is 28.3 Å². The van der Waals surface area contributed by atoms with Gasteiger partial charge in [0, 0.05) is 92.2 Å². The van der Waals surface area contributed by atoms with E-state index in [9.17, 15) is 31.5 Å². The zero-order valence-corrected chi connectivity index (χ0v) is 41.6. The van der Waals surface area contributed by atoms with Crippen LogP contribution < -0.4 is 35.1 Å². The summed E-state index contributed by atoms with van der Waals surface area (Å²) in [5.41, 5.74) is 7.59. The molecule has 0 saturated carbocycles. The number of hydrogen-bond donors (Lipinski definition) is 3. The van der Waals surface area contributed by atoms with E-state index < -0.39 is 20.5 Å². The minimum absolute atomic E-state index is 0.0484. The molecule has 5 aromatic rings. The number of phenols is 1. The first-order chi connectivity index (χ1) is 32.1. The summed E-state index contributed by atoms with van der Waals surface area (Å²) < 4.78 is 56.7. The lowest BCUT2D eigenvalue weighted by atomic mass is 10.0. The third kappa shape index (κ3) is 19.8. The number of hydrazone groups is 1. The summed E-state index contributed by atoms with van der Waals surface area (Å²) >= 11 is 9.53. The van der Waals surface area contributed by atoms with Gasteiger partial charge in [0.25, 0.3) is 10.1 Å². The van der Waals surface area contributed by atoms with Crippen molar-refractivity contribution in [1.29, 1.82) is 0 Å². The number of nitrogens with one attached hydrogen (secondary N) is 2. The van der Waals surface area contributed by atoms with Crippen molar-refractivity contribution in [3.8, 4) is 11.5 Å². The van der Waals surface area contributed by atoms with Crippen molar-refractivity contribution in [3.05, 3.63) is 127 Å². The molecule has 0 spiro atoms. The third-order valence-electron chi connectivity index (χ3n) is 8.55. The van der Waals surface area contributed by atoms with Crippen LogP contribution in [0.3, 0.4) is 0 Å². The van der Waals surface area contributed by atoms with Crippen molar-refractivity contribution in [2.75, 3.05) is 67.6 Å². The fourth-order valence-electron chi connectivity index (χ4n) is 5.55. The van der Waals surface area contributed by atoms with E-state index in [0.29, 0.717) is 29.1 Å². The highest BCUT2D eigenvalue weighted by molar-refractivity contribution is 7.85. The molecule has 3 N–H and O–H groups in total. The number of rotatable bonds is 11. The first-order valence-corrected chi connectivity index (χ1v) is 23.7. The van der Waals surface area contributed by atoms with Crippen LogP contribution in [-0.2, 0) is 49.9 Å². The van der Waals surface area contributed by atoms with Crippen molar-refractivity contribution < 1.29 is 58.8 Å². The van der Waals surface area contributed by atoms with Gasteiger partial charge in [0.15, 0.2) is 6.20 Å². The Morgan fingerprint density at radius 2 is 1.47 bits per heavy atom. The lowest BCUT2D eigenvalue weighted by Gasteiger charge is -2.23. The van der Waals surface area contributed by atoms with Gasteiger partial charge >= 0.3 is 10.4 Å². The monoisotopic (exact) mass is 1020 g/mol. The molecule has 1 aliphatic rings. The lowest BCUT2D eigenvalue weighted by molar-refractivity contribution is -0.644. The first-order valence-electron chi connectivity index (χ1n) is 19.5. The van der Waals surface area contributed by atoms with E-state index in [2.05, 4.69) is 55.4 Å². The van der Waals surface area contributed by atoms with E-state index in [1.807, 2.05) is 105 Å². The van der Waals surface area contributed by atoms with E-state index in [0.717, 1.165) is 53.2 Å². The van der Waals surface area contributed by atoms with Crippen LogP contribution in [0.5, 0.6) is 11.5 Å². The molecule has 0 aliphatic carbocycles. The number of alkyl halides is 2. The Kier molecular flexibility index (Phi) is 24.3. The highest BCUT2D eigenvalue weighted by Crippen LogP contribution is 2.34. The van der Waals surface area contributed by atoms with E-state index in [4.69, 9.17) is 33.2 Å². The summed E-state index contributed by atoms with van der Waals surface area (Å²) in [4.78, 5) is 24.3. The van der Waals surface area contributed by atoms with Crippen LogP contribution >= 0.6 is 23.2 Å². The van der Waals surface area contributed by atoms with Gasteiger partial charge in [0.05, 0.1) is 50.7 Å².